The number of amides is 1. The fraction of sp³-hybridized carbons (Fsp3) is 0.579. The highest BCUT2D eigenvalue weighted by atomic mass is 32.2. The summed E-state index contributed by atoms with van der Waals surface area (Å²) >= 11 is 0. The Hall–Kier alpha value is -1.89. The molecule has 7 heteroatoms. The van der Waals surface area contributed by atoms with Crippen LogP contribution in [0.5, 0.6) is 0 Å². The standard InChI is InChI=1S/C19H25N3O3S/c23-19(15-4-2-12-26(24,25)13-15)21-16-5-7-17(8-6-16)22-11-9-14-3-1-10-20-18(14)22/h1,3,9-11,15-17H,2,4-8,12-13H2,(H,21,23). The van der Waals surface area contributed by atoms with Crippen molar-refractivity contribution in [2.45, 2.75) is 50.6 Å². The molecule has 26 heavy (non-hydrogen) atoms. The molecule has 1 N–H and O–H groups in total. The van der Waals surface area contributed by atoms with Gasteiger partial charge >= 0.3 is 0 Å². The lowest BCUT2D eigenvalue weighted by atomic mass is 9.90. The van der Waals surface area contributed by atoms with Gasteiger partial charge in [0.25, 0.3) is 0 Å². The van der Waals surface area contributed by atoms with E-state index < -0.39 is 9.84 Å². The minimum atomic E-state index is -3.05. The van der Waals surface area contributed by atoms with Crippen LogP contribution in [-0.4, -0.2) is 41.4 Å². The maximum atomic E-state index is 12.4. The third-order valence-corrected chi connectivity index (χ3v) is 7.57. The van der Waals surface area contributed by atoms with Crippen molar-refractivity contribution in [3.05, 3.63) is 30.6 Å². The average molecular weight is 375 g/mol. The highest BCUT2D eigenvalue weighted by molar-refractivity contribution is 7.91. The summed E-state index contributed by atoms with van der Waals surface area (Å²) in [6, 6.07) is 6.68. The minimum Gasteiger partial charge on any atom is -0.353 e. The summed E-state index contributed by atoms with van der Waals surface area (Å²) < 4.78 is 25.8. The Kier molecular flexibility index (Phi) is 4.73. The Morgan fingerprint density at radius 3 is 2.73 bits per heavy atom. The van der Waals surface area contributed by atoms with Crippen LogP contribution >= 0.6 is 0 Å². The molecule has 1 unspecified atom stereocenters. The first-order valence-electron chi connectivity index (χ1n) is 9.44. The zero-order valence-corrected chi connectivity index (χ0v) is 15.6. The molecular weight excluding hydrogens is 350 g/mol. The van der Waals surface area contributed by atoms with Gasteiger partial charge in [-0.2, -0.15) is 0 Å². The number of rotatable bonds is 3. The summed E-state index contributed by atoms with van der Waals surface area (Å²) in [7, 11) is -3.05. The minimum absolute atomic E-state index is 0.00913. The summed E-state index contributed by atoms with van der Waals surface area (Å²) in [5, 5.41) is 4.26. The number of carbonyl (C=O) groups is 1. The molecule has 0 bridgehead atoms. The molecule has 2 aliphatic rings. The van der Waals surface area contributed by atoms with E-state index in [1.54, 1.807) is 0 Å². The maximum absolute atomic E-state index is 12.4. The molecule has 1 atom stereocenters. The molecule has 1 aliphatic heterocycles. The van der Waals surface area contributed by atoms with Gasteiger partial charge in [0, 0.05) is 29.9 Å². The molecule has 140 valence electrons. The highest BCUT2D eigenvalue weighted by Crippen LogP contribution is 2.31. The van der Waals surface area contributed by atoms with E-state index in [2.05, 4.69) is 33.2 Å². The third kappa shape index (κ3) is 3.63. The van der Waals surface area contributed by atoms with E-state index in [4.69, 9.17) is 0 Å². The van der Waals surface area contributed by atoms with Gasteiger partial charge in [-0.1, -0.05) is 0 Å². The lowest BCUT2D eigenvalue weighted by molar-refractivity contribution is -0.125. The smallest absolute Gasteiger partial charge is 0.224 e. The number of carbonyl (C=O) groups excluding carboxylic acids is 1. The third-order valence-electron chi connectivity index (χ3n) is 5.75. The molecule has 1 amide bonds. The van der Waals surface area contributed by atoms with Crippen LogP contribution in [0.1, 0.15) is 44.6 Å². The topological polar surface area (TPSA) is 81.1 Å². The second-order valence-electron chi connectivity index (χ2n) is 7.61. The van der Waals surface area contributed by atoms with Crippen molar-refractivity contribution in [2.75, 3.05) is 11.5 Å². The second-order valence-corrected chi connectivity index (χ2v) is 9.84. The van der Waals surface area contributed by atoms with Gasteiger partial charge in [-0.3, -0.25) is 4.79 Å². The summed E-state index contributed by atoms with van der Waals surface area (Å²) in [6.07, 6.45) is 9.03. The molecule has 6 nitrogen and oxygen atoms in total. The lowest BCUT2D eigenvalue weighted by Crippen LogP contribution is -2.44. The summed E-state index contributed by atoms with van der Waals surface area (Å²) in [4.78, 5) is 16.9. The quantitative estimate of drug-likeness (QED) is 0.893. The average Bonchev–Trinajstić information content (AvgIpc) is 3.06. The predicted molar refractivity (Wildman–Crippen MR) is 101 cm³/mol. The van der Waals surface area contributed by atoms with Crippen LogP contribution in [0.4, 0.5) is 0 Å². The number of aromatic nitrogens is 2. The Morgan fingerprint density at radius 1 is 1.15 bits per heavy atom. The molecular formula is C19H25N3O3S. The molecule has 4 rings (SSSR count). The zero-order valence-electron chi connectivity index (χ0n) is 14.8. The van der Waals surface area contributed by atoms with E-state index in [9.17, 15) is 13.2 Å². The second kappa shape index (κ2) is 7.02. The van der Waals surface area contributed by atoms with Crippen LogP contribution in [0.15, 0.2) is 30.6 Å². The predicted octanol–water partition coefficient (Wildman–Crippen LogP) is 2.46. The number of fused-ring (bicyclic) bond motifs is 1. The summed E-state index contributed by atoms with van der Waals surface area (Å²) in [5.41, 5.74) is 1.02. The van der Waals surface area contributed by atoms with E-state index in [1.807, 2.05) is 12.3 Å². The molecule has 0 radical (unpaired) electrons. The van der Waals surface area contributed by atoms with E-state index in [0.29, 0.717) is 18.9 Å². The number of pyridine rings is 1. The van der Waals surface area contributed by atoms with Gasteiger partial charge in [-0.05, 0) is 56.7 Å². The van der Waals surface area contributed by atoms with Crippen molar-refractivity contribution in [1.82, 2.24) is 14.9 Å². The van der Waals surface area contributed by atoms with Crippen molar-refractivity contribution in [2.24, 2.45) is 5.92 Å². The van der Waals surface area contributed by atoms with Crippen LogP contribution in [0.3, 0.4) is 0 Å². The Bertz CT molecular complexity index is 898. The van der Waals surface area contributed by atoms with Crippen LogP contribution < -0.4 is 5.32 Å². The van der Waals surface area contributed by atoms with Gasteiger partial charge in [-0.15, -0.1) is 0 Å². The SMILES string of the molecule is O=C(NC1CCC(n2ccc3cccnc32)CC1)C1CCCS(=O)(=O)C1. The molecule has 1 saturated heterocycles. The number of nitrogens with zero attached hydrogens (tertiary/aromatic N) is 2. The largest absolute Gasteiger partial charge is 0.353 e. The number of hydrogen-bond donors (Lipinski definition) is 1. The fourth-order valence-electron chi connectivity index (χ4n) is 4.33. The highest BCUT2D eigenvalue weighted by Gasteiger charge is 2.32. The van der Waals surface area contributed by atoms with Gasteiger partial charge in [0.05, 0.1) is 17.4 Å². The Morgan fingerprint density at radius 2 is 1.96 bits per heavy atom. The Labute approximate surface area is 153 Å². The monoisotopic (exact) mass is 375 g/mol. The van der Waals surface area contributed by atoms with E-state index in [-0.39, 0.29) is 29.4 Å². The first-order valence-corrected chi connectivity index (χ1v) is 11.3. The van der Waals surface area contributed by atoms with E-state index in [1.165, 1.54) is 0 Å². The zero-order chi connectivity index (χ0) is 18.1. The lowest BCUT2D eigenvalue weighted by Gasteiger charge is -2.31. The number of sulfone groups is 1. The normalized spacial score (nSPS) is 28.7. The van der Waals surface area contributed by atoms with Crippen LogP contribution in [0.25, 0.3) is 11.0 Å². The molecule has 3 heterocycles. The van der Waals surface area contributed by atoms with Crippen molar-refractivity contribution in [1.29, 1.82) is 0 Å². The first-order chi connectivity index (χ1) is 12.5. The molecule has 1 saturated carbocycles. The van der Waals surface area contributed by atoms with Crippen LogP contribution in [0, 0.1) is 5.92 Å². The molecule has 2 aromatic rings. The van der Waals surface area contributed by atoms with E-state index in [0.717, 1.165) is 36.7 Å². The van der Waals surface area contributed by atoms with Crippen molar-refractivity contribution < 1.29 is 13.2 Å². The Balaban J connectivity index is 1.34. The summed E-state index contributed by atoms with van der Waals surface area (Å²) in [5.74, 6) is -0.218. The summed E-state index contributed by atoms with van der Waals surface area (Å²) in [6.45, 7) is 0. The number of hydrogen-bond acceptors (Lipinski definition) is 4. The number of nitrogens with one attached hydrogen (secondary N) is 1. The van der Waals surface area contributed by atoms with Crippen LogP contribution in [-0.2, 0) is 14.6 Å². The molecule has 2 fully saturated rings. The van der Waals surface area contributed by atoms with Crippen molar-refractivity contribution in [3.63, 3.8) is 0 Å². The van der Waals surface area contributed by atoms with Crippen molar-refractivity contribution >= 4 is 26.8 Å². The van der Waals surface area contributed by atoms with Gasteiger partial charge in [0.1, 0.15) is 5.65 Å². The molecule has 1 aliphatic carbocycles. The maximum Gasteiger partial charge on any atom is 0.224 e. The van der Waals surface area contributed by atoms with E-state index >= 15 is 0 Å². The van der Waals surface area contributed by atoms with Gasteiger partial charge in [0.2, 0.25) is 5.91 Å². The van der Waals surface area contributed by atoms with Crippen LogP contribution in [0.2, 0.25) is 0 Å². The van der Waals surface area contributed by atoms with Gasteiger partial charge in [-0.25, -0.2) is 13.4 Å². The fourth-order valence-corrected chi connectivity index (χ4v) is 6.03. The molecule has 2 aromatic heterocycles. The molecule has 0 aromatic carbocycles. The van der Waals surface area contributed by atoms with Crippen molar-refractivity contribution in [3.8, 4) is 0 Å². The molecule has 0 spiro atoms. The first kappa shape index (κ1) is 17.5. The van der Waals surface area contributed by atoms with Gasteiger partial charge < -0.3 is 9.88 Å². The van der Waals surface area contributed by atoms with Gasteiger partial charge in [0.15, 0.2) is 9.84 Å².